The van der Waals surface area contributed by atoms with Gasteiger partial charge in [0.25, 0.3) is 5.76 Å². The molecule has 0 unspecified atom stereocenters. The van der Waals surface area contributed by atoms with Gasteiger partial charge in [0.2, 0.25) is 11.2 Å². The first-order valence-corrected chi connectivity index (χ1v) is 9.90. The van der Waals surface area contributed by atoms with Crippen molar-refractivity contribution in [2.24, 2.45) is 0 Å². The van der Waals surface area contributed by atoms with E-state index in [0.29, 0.717) is 0 Å². The Morgan fingerprint density at radius 1 is 0.970 bits per heavy atom. The second-order valence-electron chi connectivity index (χ2n) is 7.03. The molecule has 5 nitrogen and oxygen atoms in total. The third-order valence-electron chi connectivity index (χ3n) is 4.59. The quantitative estimate of drug-likeness (QED) is 0.241. The average Bonchev–Trinajstić information content (AvgIpc) is 2.75. The lowest BCUT2D eigenvalue weighted by molar-refractivity contribution is -0.154. The number of halogens is 4. The lowest BCUT2D eigenvalue weighted by Gasteiger charge is -2.14. The fourth-order valence-electron chi connectivity index (χ4n) is 3.08. The van der Waals surface area contributed by atoms with Crippen molar-refractivity contribution in [2.75, 3.05) is 0 Å². The monoisotopic (exact) mass is 474 g/mol. The molecule has 0 bridgehead atoms. The van der Waals surface area contributed by atoms with Crippen LogP contribution in [0.1, 0.15) is 21.7 Å². The largest absolute Gasteiger partial charge is 0.453 e. The molecule has 0 fully saturated rings. The minimum absolute atomic E-state index is 0.0532. The fraction of sp³-hybridized carbons (Fsp3) is 0.0833. The number of esters is 1. The summed E-state index contributed by atoms with van der Waals surface area (Å²) in [4.78, 5) is 25.2. The number of hydrogen-bond donors (Lipinski definition) is 0. The van der Waals surface area contributed by atoms with Crippen molar-refractivity contribution in [1.82, 2.24) is 0 Å². The van der Waals surface area contributed by atoms with Gasteiger partial charge in [-0.25, -0.2) is 4.79 Å². The van der Waals surface area contributed by atoms with E-state index >= 15 is 0 Å². The molecule has 4 rings (SSSR count). The number of ether oxygens (including phenoxy) is 2. The van der Waals surface area contributed by atoms with E-state index in [-0.39, 0.29) is 27.5 Å². The van der Waals surface area contributed by atoms with E-state index in [1.165, 1.54) is 36.4 Å². The predicted octanol–water partition coefficient (Wildman–Crippen LogP) is 6.79. The van der Waals surface area contributed by atoms with Crippen LogP contribution in [0.25, 0.3) is 11.0 Å². The van der Waals surface area contributed by atoms with Crippen LogP contribution in [0.15, 0.2) is 75.9 Å². The van der Waals surface area contributed by atoms with Gasteiger partial charge in [-0.05, 0) is 48.9 Å². The highest BCUT2D eigenvalue weighted by Crippen LogP contribution is 2.38. The summed E-state index contributed by atoms with van der Waals surface area (Å²) < 4.78 is 56.6. The summed E-state index contributed by atoms with van der Waals surface area (Å²) in [5.74, 6) is -3.48. The molecule has 0 N–H and O–H groups in total. The summed E-state index contributed by atoms with van der Waals surface area (Å²) >= 11 is 5.97. The lowest BCUT2D eigenvalue weighted by Crippen LogP contribution is -2.15. The molecule has 9 heteroatoms. The minimum atomic E-state index is -5.02. The van der Waals surface area contributed by atoms with Crippen LogP contribution in [0.5, 0.6) is 17.2 Å². The number of aryl methyl sites for hydroxylation is 1. The van der Waals surface area contributed by atoms with Crippen LogP contribution in [0.4, 0.5) is 13.2 Å². The van der Waals surface area contributed by atoms with Gasteiger partial charge in [0.15, 0.2) is 0 Å². The number of benzene rings is 3. The molecular weight excluding hydrogens is 461 g/mol. The Balaban J connectivity index is 1.77. The van der Waals surface area contributed by atoms with Gasteiger partial charge in [-0.2, -0.15) is 13.2 Å². The zero-order valence-corrected chi connectivity index (χ0v) is 17.7. The van der Waals surface area contributed by atoms with Crippen LogP contribution in [-0.4, -0.2) is 5.97 Å². The standard InChI is InChI=1S/C24H14ClF3O5/c1-13-5-4-6-14(11-13)31-21-20(29)17-10-9-15(12-19(17)33-22(21)24(26,27)28)32-23(30)16-7-2-3-8-18(16)25/h2-12H,1H3. The highest BCUT2D eigenvalue weighted by molar-refractivity contribution is 6.33. The van der Waals surface area contributed by atoms with Crippen molar-refractivity contribution in [3.8, 4) is 17.2 Å². The maximum Gasteiger partial charge on any atom is 0.453 e. The summed E-state index contributed by atoms with van der Waals surface area (Å²) in [5.41, 5.74) is -0.641. The Morgan fingerprint density at radius 3 is 2.42 bits per heavy atom. The van der Waals surface area contributed by atoms with Gasteiger partial charge < -0.3 is 13.9 Å². The van der Waals surface area contributed by atoms with Gasteiger partial charge in [0, 0.05) is 6.07 Å². The van der Waals surface area contributed by atoms with Gasteiger partial charge in [-0.15, -0.1) is 0 Å². The second-order valence-corrected chi connectivity index (χ2v) is 7.44. The molecule has 33 heavy (non-hydrogen) atoms. The predicted molar refractivity (Wildman–Crippen MR) is 115 cm³/mol. The molecule has 4 aromatic rings. The maximum absolute atomic E-state index is 13.7. The Hall–Kier alpha value is -3.78. The lowest BCUT2D eigenvalue weighted by atomic mass is 10.2. The topological polar surface area (TPSA) is 65.7 Å². The Bertz CT molecular complexity index is 1430. The van der Waals surface area contributed by atoms with Gasteiger partial charge in [0.05, 0.1) is 16.0 Å². The molecule has 0 saturated carbocycles. The van der Waals surface area contributed by atoms with Crippen LogP contribution in [0.2, 0.25) is 5.02 Å². The molecule has 168 valence electrons. The summed E-state index contributed by atoms with van der Waals surface area (Å²) in [6, 6.07) is 15.8. The summed E-state index contributed by atoms with van der Waals surface area (Å²) in [5, 5.41) is -0.0321. The second kappa shape index (κ2) is 8.63. The number of fused-ring (bicyclic) bond motifs is 1. The molecule has 0 saturated heterocycles. The van der Waals surface area contributed by atoms with Crippen LogP contribution < -0.4 is 14.9 Å². The smallest absolute Gasteiger partial charge is 0.449 e. The Morgan fingerprint density at radius 2 is 1.73 bits per heavy atom. The third-order valence-corrected chi connectivity index (χ3v) is 4.92. The van der Waals surface area contributed by atoms with Crippen LogP contribution >= 0.6 is 11.6 Å². The summed E-state index contributed by atoms with van der Waals surface area (Å²) in [6.07, 6.45) is -5.02. The van der Waals surface area contributed by atoms with Crippen molar-refractivity contribution in [2.45, 2.75) is 13.1 Å². The van der Waals surface area contributed by atoms with Crippen molar-refractivity contribution in [3.05, 3.63) is 98.9 Å². The SMILES string of the molecule is Cc1cccc(Oc2c(C(F)(F)F)oc3cc(OC(=O)c4ccccc4Cl)ccc3c2=O)c1. The van der Waals surface area contributed by atoms with Crippen molar-refractivity contribution in [1.29, 1.82) is 0 Å². The minimum Gasteiger partial charge on any atom is -0.449 e. The molecule has 0 atom stereocenters. The van der Waals surface area contributed by atoms with Crippen LogP contribution in [0.3, 0.4) is 0 Å². The van der Waals surface area contributed by atoms with Gasteiger partial charge in [-0.1, -0.05) is 35.9 Å². The highest BCUT2D eigenvalue weighted by atomic mass is 35.5. The number of hydrogen-bond acceptors (Lipinski definition) is 5. The number of carbonyl (C=O) groups is 1. The third kappa shape index (κ3) is 4.70. The zero-order valence-electron chi connectivity index (χ0n) is 16.9. The molecule has 0 aliphatic heterocycles. The molecule has 1 aromatic heterocycles. The molecule has 0 radical (unpaired) electrons. The van der Waals surface area contributed by atoms with Crippen molar-refractivity contribution < 1.29 is 31.9 Å². The van der Waals surface area contributed by atoms with Crippen molar-refractivity contribution in [3.63, 3.8) is 0 Å². The van der Waals surface area contributed by atoms with E-state index < -0.39 is 34.7 Å². The molecule has 0 amide bonds. The van der Waals surface area contributed by atoms with Gasteiger partial charge in [0.1, 0.15) is 17.1 Å². The van der Waals surface area contributed by atoms with Crippen LogP contribution in [-0.2, 0) is 6.18 Å². The average molecular weight is 475 g/mol. The van der Waals surface area contributed by atoms with E-state index in [4.69, 9.17) is 25.5 Å². The Kier molecular flexibility index (Phi) is 5.86. The Labute approximate surface area is 189 Å². The highest BCUT2D eigenvalue weighted by Gasteiger charge is 2.40. The normalized spacial score (nSPS) is 11.4. The van der Waals surface area contributed by atoms with E-state index in [0.717, 1.165) is 11.6 Å². The van der Waals surface area contributed by atoms with Gasteiger partial charge in [-0.3, -0.25) is 4.79 Å². The van der Waals surface area contributed by atoms with Crippen LogP contribution in [0, 0.1) is 6.92 Å². The molecule has 0 aliphatic rings. The molecule has 1 heterocycles. The number of carbonyl (C=O) groups excluding carboxylic acids is 1. The molecular formula is C24H14ClF3O5. The van der Waals surface area contributed by atoms with E-state index in [1.54, 1.807) is 31.2 Å². The van der Waals surface area contributed by atoms with E-state index in [1.807, 2.05) is 0 Å². The first-order valence-electron chi connectivity index (χ1n) is 9.53. The summed E-state index contributed by atoms with van der Waals surface area (Å²) in [6.45, 7) is 1.73. The molecule has 3 aromatic carbocycles. The number of alkyl halides is 3. The van der Waals surface area contributed by atoms with E-state index in [9.17, 15) is 22.8 Å². The van der Waals surface area contributed by atoms with Crippen molar-refractivity contribution >= 4 is 28.5 Å². The van der Waals surface area contributed by atoms with Gasteiger partial charge >= 0.3 is 12.1 Å². The molecule has 0 spiro atoms. The fourth-order valence-corrected chi connectivity index (χ4v) is 3.30. The maximum atomic E-state index is 13.7. The zero-order chi connectivity index (χ0) is 23.8. The number of rotatable bonds is 4. The molecule has 0 aliphatic carbocycles. The first-order chi connectivity index (χ1) is 15.6. The van der Waals surface area contributed by atoms with E-state index in [2.05, 4.69) is 0 Å². The summed E-state index contributed by atoms with van der Waals surface area (Å²) in [7, 11) is 0. The first kappa shape index (κ1) is 22.4.